The summed E-state index contributed by atoms with van der Waals surface area (Å²) in [6, 6.07) is 61.1. The monoisotopic (exact) mass is 1310 g/mol. The molecule has 6 aromatic carbocycles. The van der Waals surface area contributed by atoms with Gasteiger partial charge in [-0.3, -0.25) is 33.8 Å². The van der Waals surface area contributed by atoms with E-state index in [1.165, 1.54) is 6.20 Å². The number of aromatic nitrogens is 9. The van der Waals surface area contributed by atoms with Gasteiger partial charge in [-0.05, 0) is 184 Å². The van der Waals surface area contributed by atoms with Crippen LogP contribution in [0.3, 0.4) is 0 Å². The summed E-state index contributed by atoms with van der Waals surface area (Å²) in [5, 5.41) is 25.2. The SMILES string of the molecule is CC(C)NC(=O)c1cn(-c2cccc(-c3cc4ccccc4[n+]([O-])c3)c2)c2ncccc2c1=O.CC(C)NC(=O)c1cn(-c2cccc(-c3ccc4[nH]ccc4c3)c2)c2ncccc2c1=O.CC(C)NC(=O)c1cn(-c2cccc(-c3cnc4ccccc4c3)c2)c2ncccc2c1=O. The lowest BCUT2D eigenvalue weighted by molar-refractivity contribution is -0.576. The van der Waals surface area contributed by atoms with E-state index in [1.807, 2.05) is 186 Å². The Morgan fingerprint density at radius 1 is 0.414 bits per heavy atom. The molecule has 19 nitrogen and oxygen atoms in total. The smallest absolute Gasteiger partial charge is 0.256 e. The molecule has 15 rings (SSSR count). The number of nitrogens with one attached hydrogen (secondary N) is 4. The topological polar surface area (TPSA) is 248 Å². The molecule has 0 aliphatic carbocycles. The zero-order valence-electron chi connectivity index (χ0n) is 54.8. The van der Waals surface area contributed by atoms with Crippen LogP contribution in [0.5, 0.6) is 0 Å². The average Bonchev–Trinajstić information content (AvgIpc) is 1.26. The summed E-state index contributed by atoms with van der Waals surface area (Å²) in [6.45, 7) is 11.1. The van der Waals surface area contributed by atoms with Crippen LogP contribution in [0.1, 0.15) is 72.6 Å². The van der Waals surface area contributed by atoms with E-state index >= 15 is 0 Å². The quantitative estimate of drug-likeness (QED) is 0.0661. The summed E-state index contributed by atoms with van der Waals surface area (Å²) >= 11 is 0. The maximum absolute atomic E-state index is 13.0. The highest BCUT2D eigenvalue weighted by atomic mass is 16.5. The first-order valence-electron chi connectivity index (χ1n) is 32.2. The van der Waals surface area contributed by atoms with E-state index in [0.717, 1.165) is 76.7 Å². The number of hydrogen-bond donors (Lipinski definition) is 4. The Kier molecular flexibility index (Phi) is 18.1. The first kappa shape index (κ1) is 64.7. The van der Waals surface area contributed by atoms with Crippen molar-refractivity contribution in [2.24, 2.45) is 0 Å². The highest BCUT2D eigenvalue weighted by Crippen LogP contribution is 2.30. The summed E-state index contributed by atoms with van der Waals surface area (Å²) in [5.41, 5.74) is 11.2. The van der Waals surface area contributed by atoms with E-state index in [2.05, 4.69) is 65.1 Å². The molecule has 0 aliphatic heterocycles. The minimum absolute atomic E-state index is 0.0442. The van der Waals surface area contributed by atoms with E-state index in [0.29, 0.717) is 44.3 Å². The molecule has 0 fully saturated rings. The van der Waals surface area contributed by atoms with Gasteiger partial charge in [0.05, 0.1) is 21.7 Å². The lowest BCUT2D eigenvalue weighted by Crippen LogP contribution is -2.34. The summed E-state index contributed by atoms with van der Waals surface area (Å²) in [5.74, 6) is -1.22. The van der Waals surface area contributed by atoms with E-state index in [4.69, 9.17) is 0 Å². The normalized spacial score (nSPS) is 11.3. The third-order valence-corrected chi connectivity index (χ3v) is 16.5. The highest BCUT2D eigenvalue weighted by Gasteiger charge is 2.22. The lowest BCUT2D eigenvalue weighted by Gasteiger charge is -2.15. The first-order chi connectivity index (χ1) is 47.9. The molecule has 0 aliphatic rings. The molecule has 4 N–H and O–H groups in total. The maximum Gasteiger partial charge on any atom is 0.256 e. The number of para-hydroxylation sites is 2. The zero-order valence-corrected chi connectivity index (χ0v) is 54.8. The van der Waals surface area contributed by atoms with Crippen molar-refractivity contribution < 1.29 is 19.1 Å². The number of benzene rings is 6. The third kappa shape index (κ3) is 13.5. The van der Waals surface area contributed by atoms with Crippen molar-refractivity contribution in [3.8, 4) is 50.4 Å². The Hall–Kier alpha value is -13.0. The Bertz CT molecular complexity index is 5850. The largest absolute Gasteiger partial charge is 0.618 e. The van der Waals surface area contributed by atoms with Gasteiger partial charge in [-0.25, -0.2) is 15.0 Å². The van der Waals surface area contributed by atoms with Crippen molar-refractivity contribution in [3.63, 3.8) is 0 Å². The number of pyridine rings is 8. The van der Waals surface area contributed by atoms with Crippen LogP contribution in [-0.2, 0) is 0 Å². The van der Waals surface area contributed by atoms with Gasteiger partial charge >= 0.3 is 0 Å². The lowest BCUT2D eigenvalue weighted by atomic mass is 10.0. The van der Waals surface area contributed by atoms with E-state index in [-0.39, 0.29) is 51.1 Å². The standard InChI is InChI=1S/C27H22N4O3.C27H22N4O2.C26H22N4O2/c1-17(2)29-27(33)23-16-30(26-22(25(23)32)10-6-12-28-26)21-9-5-8-18(14-21)20-13-19-7-3-4-11-24(19)31(34)15-20;1-17(2)30-27(33)23-16-31(26-22(25(23)32)10-6-12-28-26)21-9-5-8-18(14-21)20-13-19-7-3-4-11-24(19)29-15-20;1-16(2)29-26(32)22-15-30(25-21(24(22)31)7-4-11-28-25)20-6-3-5-17(14-20)18-8-9-23-19(13-18)10-12-27-23/h3-17H,1-2H3,(H,29,33);3-17H,1-2H3,(H,30,33);3-16,27H,1-2H3,(H,29,32). The van der Waals surface area contributed by atoms with E-state index in [1.54, 1.807) is 88.8 Å². The molecule has 9 aromatic heterocycles. The van der Waals surface area contributed by atoms with Crippen molar-refractivity contribution >= 4 is 83.5 Å². The summed E-state index contributed by atoms with van der Waals surface area (Å²) in [6.07, 6.45) is 14.9. The third-order valence-electron chi connectivity index (χ3n) is 16.5. The van der Waals surface area contributed by atoms with E-state index in [9.17, 15) is 34.0 Å². The summed E-state index contributed by atoms with van der Waals surface area (Å²) < 4.78 is 6.21. The number of aromatic amines is 1. The maximum atomic E-state index is 13.0. The van der Waals surface area contributed by atoms with Gasteiger partial charge in [-0.2, -0.15) is 4.73 Å². The molecule has 0 saturated heterocycles. The van der Waals surface area contributed by atoms with Crippen molar-refractivity contribution in [3.05, 3.63) is 302 Å². The fourth-order valence-electron chi connectivity index (χ4n) is 11.9. The molecule has 0 saturated carbocycles. The summed E-state index contributed by atoms with van der Waals surface area (Å²) in [4.78, 5) is 98.4. The fourth-order valence-corrected chi connectivity index (χ4v) is 11.9. The molecular weight excluding hydrogens is 1240 g/mol. The van der Waals surface area contributed by atoms with Gasteiger partial charge in [0, 0.05) is 118 Å². The van der Waals surface area contributed by atoms with Crippen LogP contribution < -0.4 is 37.0 Å². The second-order valence-corrected chi connectivity index (χ2v) is 24.7. The van der Waals surface area contributed by atoms with Gasteiger partial charge in [0.2, 0.25) is 21.8 Å². The number of amides is 3. The molecule has 99 heavy (non-hydrogen) atoms. The Balaban J connectivity index is 0.000000133. The molecule has 0 unspecified atom stereocenters. The van der Waals surface area contributed by atoms with Crippen LogP contribution in [0.15, 0.2) is 264 Å². The van der Waals surface area contributed by atoms with Crippen molar-refractivity contribution in [1.29, 1.82) is 0 Å². The predicted molar refractivity (Wildman–Crippen MR) is 390 cm³/mol. The average molecular weight is 1310 g/mol. The molecule has 0 atom stereocenters. The number of H-pyrrole nitrogens is 1. The Morgan fingerprint density at radius 2 is 0.828 bits per heavy atom. The van der Waals surface area contributed by atoms with Gasteiger partial charge in [-0.15, -0.1) is 0 Å². The van der Waals surface area contributed by atoms with Crippen LogP contribution in [-0.4, -0.2) is 74.5 Å². The van der Waals surface area contributed by atoms with Gasteiger partial charge in [0.15, 0.2) is 6.20 Å². The Morgan fingerprint density at radius 3 is 1.31 bits per heavy atom. The van der Waals surface area contributed by atoms with Crippen LogP contribution >= 0.6 is 0 Å². The Labute approximate surface area is 567 Å². The second kappa shape index (κ2) is 27.7. The molecule has 19 heteroatoms. The van der Waals surface area contributed by atoms with Crippen molar-refractivity contribution in [2.45, 2.75) is 59.7 Å². The number of hydrogen-bond acceptors (Lipinski definition) is 11. The molecular formula is C80H66N12O7. The van der Waals surface area contributed by atoms with Gasteiger partial charge in [0.25, 0.3) is 17.7 Å². The predicted octanol–water partition coefficient (Wildman–Crippen LogP) is 13.4. The molecule has 3 amide bonds. The molecule has 15 aromatic rings. The number of fused-ring (bicyclic) bond motifs is 6. The molecule has 0 spiro atoms. The number of carbonyl (C=O) groups excluding carboxylic acids is 3. The van der Waals surface area contributed by atoms with Gasteiger partial charge < -0.3 is 39.8 Å². The zero-order chi connectivity index (χ0) is 69.0. The minimum Gasteiger partial charge on any atom is -0.618 e. The first-order valence-corrected chi connectivity index (χ1v) is 32.2. The van der Waals surface area contributed by atoms with Crippen LogP contribution in [0.25, 0.3) is 116 Å². The highest BCUT2D eigenvalue weighted by molar-refractivity contribution is 6.00. The number of rotatable bonds is 12. The summed E-state index contributed by atoms with van der Waals surface area (Å²) in [7, 11) is 0. The van der Waals surface area contributed by atoms with Crippen molar-refractivity contribution in [2.75, 3.05) is 0 Å². The second-order valence-electron chi connectivity index (χ2n) is 24.7. The molecule has 0 bridgehead atoms. The molecule has 0 radical (unpaired) electrons. The van der Waals surface area contributed by atoms with Gasteiger partial charge in [-0.1, -0.05) is 72.8 Å². The number of nitrogens with zero attached hydrogens (tertiary/aromatic N) is 8. The van der Waals surface area contributed by atoms with Crippen molar-refractivity contribution in [1.82, 2.24) is 54.6 Å². The fraction of sp³-hybridized carbons (Fsp3) is 0.113. The molecule has 9 heterocycles. The van der Waals surface area contributed by atoms with Crippen LogP contribution in [0.4, 0.5) is 0 Å². The van der Waals surface area contributed by atoms with Crippen LogP contribution in [0.2, 0.25) is 0 Å². The van der Waals surface area contributed by atoms with Gasteiger partial charge in [0.1, 0.15) is 33.6 Å². The van der Waals surface area contributed by atoms with E-state index < -0.39 is 17.7 Å². The number of carbonyl (C=O) groups is 3. The minimum atomic E-state index is -0.433. The molecule has 488 valence electrons. The van der Waals surface area contributed by atoms with Crippen LogP contribution in [0, 0.1) is 5.21 Å².